The molecule has 4 rings (SSSR count). The molecule has 1 aliphatic heterocycles. The van der Waals surface area contributed by atoms with Crippen molar-refractivity contribution >= 4 is 34.6 Å². The van der Waals surface area contributed by atoms with Crippen LogP contribution in [0.25, 0.3) is 6.08 Å². The van der Waals surface area contributed by atoms with Gasteiger partial charge >= 0.3 is 0 Å². The summed E-state index contributed by atoms with van der Waals surface area (Å²) in [6.45, 7) is 7.39. The van der Waals surface area contributed by atoms with Gasteiger partial charge in [0.15, 0.2) is 16.7 Å². The van der Waals surface area contributed by atoms with Gasteiger partial charge < -0.3 is 9.47 Å². The highest BCUT2D eigenvalue weighted by Crippen LogP contribution is 2.39. The molecule has 0 N–H and O–H groups in total. The molecule has 0 unspecified atom stereocenters. The molecule has 2 aromatic rings. The second-order valence-electron chi connectivity index (χ2n) is 8.98. The van der Waals surface area contributed by atoms with E-state index < -0.39 is 0 Å². The van der Waals surface area contributed by atoms with E-state index >= 15 is 0 Å². The molecule has 1 aliphatic carbocycles. The molecule has 5 nitrogen and oxygen atoms in total. The SMILES string of the molecule is CCCOc1ccc(C=C2SC(=Nc3ccc(CC)cc3)N(C3CCCCC3)C2=O)cc1OCC. The highest BCUT2D eigenvalue weighted by molar-refractivity contribution is 8.18. The highest BCUT2D eigenvalue weighted by atomic mass is 32.2. The van der Waals surface area contributed by atoms with Crippen LogP contribution in [0.2, 0.25) is 0 Å². The molecule has 0 spiro atoms. The van der Waals surface area contributed by atoms with Gasteiger partial charge in [-0.2, -0.15) is 0 Å². The average molecular weight is 493 g/mol. The van der Waals surface area contributed by atoms with Crippen molar-refractivity contribution in [1.29, 1.82) is 0 Å². The number of aryl methyl sites for hydroxylation is 1. The first-order valence-electron chi connectivity index (χ1n) is 12.9. The molecule has 1 saturated carbocycles. The summed E-state index contributed by atoms with van der Waals surface area (Å²) in [5, 5.41) is 0.783. The van der Waals surface area contributed by atoms with Crippen LogP contribution in [0.4, 0.5) is 5.69 Å². The summed E-state index contributed by atoms with van der Waals surface area (Å²) in [5.41, 5.74) is 3.09. The maximum Gasteiger partial charge on any atom is 0.267 e. The Labute approximate surface area is 213 Å². The molecular formula is C29H36N2O3S. The van der Waals surface area contributed by atoms with Gasteiger partial charge in [-0.25, -0.2) is 4.99 Å². The van der Waals surface area contributed by atoms with Crippen LogP contribution < -0.4 is 9.47 Å². The number of amides is 1. The monoisotopic (exact) mass is 492 g/mol. The number of thioether (sulfide) groups is 1. The summed E-state index contributed by atoms with van der Waals surface area (Å²) in [6, 6.07) is 14.4. The number of benzene rings is 2. The van der Waals surface area contributed by atoms with Crippen LogP contribution in [-0.4, -0.2) is 35.2 Å². The lowest BCUT2D eigenvalue weighted by molar-refractivity contribution is -0.124. The molecule has 2 aliphatic rings. The number of rotatable bonds is 9. The molecule has 1 heterocycles. The summed E-state index contributed by atoms with van der Waals surface area (Å²) < 4.78 is 11.7. The molecule has 0 atom stereocenters. The summed E-state index contributed by atoms with van der Waals surface area (Å²) in [4.78, 5) is 21.2. The minimum absolute atomic E-state index is 0.0510. The zero-order chi connectivity index (χ0) is 24.6. The molecule has 2 aromatic carbocycles. The molecule has 1 amide bonds. The Morgan fingerprint density at radius 2 is 1.77 bits per heavy atom. The minimum atomic E-state index is 0.0510. The molecule has 0 bridgehead atoms. The number of hydrogen-bond donors (Lipinski definition) is 0. The molecule has 2 fully saturated rings. The van der Waals surface area contributed by atoms with E-state index in [1.54, 1.807) is 0 Å². The maximum atomic E-state index is 13.6. The van der Waals surface area contributed by atoms with Crippen LogP contribution in [0.1, 0.15) is 70.4 Å². The number of hydrogen-bond acceptors (Lipinski definition) is 5. The van der Waals surface area contributed by atoms with Crippen LogP contribution in [0.15, 0.2) is 52.4 Å². The summed E-state index contributed by atoms with van der Waals surface area (Å²) in [6.07, 6.45) is 9.52. The fourth-order valence-corrected chi connectivity index (χ4v) is 5.57. The van der Waals surface area contributed by atoms with E-state index in [1.807, 2.05) is 48.2 Å². The van der Waals surface area contributed by atoms with E-state index in [0.717, 1.165) is 60.7 Å². The maximum absolute atomic E-state index is 13.6. The molecule has 1 saturated heterocycles. The van der Waals surface area contributed by atoms with Gasteiger partial charge in [-0.1, -0.05) is 51.3 Å². The Kier molecular flexibility index (Phi) is 8.91. The van der Waals surface area contributed by atoms with Crippen molar-refractivity contribution in [2.75, 3.05) is 13.2 Å². The van der Waals surface area contributed by atoms with Gasteiger partial charge in [0.2, 0.25) is 0 Å². The van der Waals surface area contributed by atoms with Gasteiger partial charge in [0.25, 0.3) is 5.91 Å². The molecule has 0 aromatic heterocycles. The molecule has 186 valence electrons. The Bertz CT molecular complexity index is 1070. The van der Waals surface area contributed by atoms with Crippen molar-refractivity contribution < 1.29 is 14.3 Å². The molecule has 6 heteroatoms. The fraction of sp³-hybridized carbons (Fsp3) is 0.448. The first-order valence-corrected chi connectivity index (χ1v) is 13.7. The highest BCUT2D eigenvalue weighted by Gasteiger charge is 2.38. The lowest BCUT2D eigenvalue weighted by atomic mass is 9.94. The smallest absolute Gasteiger partial charge is 0.267 e. The molecule has 0 radical (unpaired) electrons. The first-order chi connectivity index (χ1) is 17.1. The zero-order valence-electron chi connectivity index (χ0n) is 21.1. The normalized spacial score (nSPS) is 19.1. The van der Waals surface area contributed by atoms with Crippen LogP contribution in [0.5, 0.6) is 11.5 Å². The standard InChI is InChI=1S/C29H36N2O3S/c1-4-18-34-25-17-14-22(19-26(25)33-6-3)20-27-28(32)31(24-10-8-7-9-11-24)29(35-27)30-23-15-12-21(5-2)13-16-23/h12-17,19-20,24H,4-11,18H2,1-3H3. The predicted molar refractivity (Wildman–Crippen MR) is 146 cm³/mol. The Hall–Kier alpha value is -2.73. The fourth-order valence-electron chi connectivity index (χ4n) is 4.51. The summed E-state index contributed by atoms with van der Waals surface area (Å²) in [5.74, 6) is 1.50. The first kappa shape index (κ1) is 25.4. The Morgan fingerprint density at radius 3 is 2.46 bits per heavy atom. The third-order valence-electron chi connectivity index (χ3n) is 6.37. The van der Waals surface area contributed by atoms with E-state index in [0.29, 0.717) is 23.9 Å². The number of carbonyl (C=O) groups is 1. The van der Waals surface area contributed by atoms with E-state index in [2.05, 4.69) is 26.0 Å². The van der Waals surface area contributed by atoms with Crippen molar-refractivity contribution in [1.82, 2.24) is 4.90 Å². The van der Waals surface area contributed by atoms with Crippen molar-refractivity contribution in [3.63, 3.8) is 0 Å². The van der Waals surface area contributed by atoms with Crippen LogP contribution >= 0.6 is 11.8 Å². The quantitative estimate of drug-likeness (QED) is 0.343. The van der Waals surface area contributed by atoms with Crippen LogP contribution in [0.3, 0.4) is 0 Å². The third kappa shape index (κ3) is 6.29. The van der Waals surface area contributed by atoms with Crippen LogP contribution in [-0.2, 0) is 11.2 Å². The lowest BCUT2D eigenvalue weighted by Gasteiger charge is -2.30. The third-order valence-corrected chi connectivity index (χ3v) is 7.36. The number of nitrogens with zero attached hydrogens (tertiary/aromatic N) is 2. The van der Waals surface area contributed by atoms with E-state index in [4.69, 9.17) is 14.5 Å². The van der Waals surface area contributed by atoms with Crippen LogP contribution in [0, 0.1) is 0 Å². The topological polar surface area (TPSA) is 51.1 Å². The van der Waals surface area contributed by atoms with Crippen molar-refractivity contribution in [3.05, 3.63) is 58.5 Å². The number of aliphatic imine (C=N–C) groups is 1. The summed E-state index contributed by atoms with van der Waals surface area (Å²) in [7, 11) is 0. The van der Waals surface area contributed by atoms with Gasteiger partial charge in [0, 0.05) is 6.04 Å². The number of amidine groups is 1. The largest absolute Gasteiger partial charge is 0.490 e. The van der Waals surface area contributed by atoms with Gasteiger partial charge in [0.05, 0.1) is 23.8 Å². The second-order valence-corrected chi connectivity index (χ2v) is 9.99. The van der Waals surface area contributed by atoms with Crippen molar-refractivity contribution in [3.8, 4) is 11.5 Å². The minimum Gasteiger partial charge on any atom is -0.490 e. The molecule has 35 heavy (non-hydrogen) atoms. The van der Waals surface area contributed by atoms with Gasteiger partial charge in [-0.3, -0.25) is 9.69 Å². The summed E-state index contributed by atoms with van der Waals surface area (Å²) >= 11 is 1.47. The van der Waals surface area contributed by atoms with Crippen molar-refractivity contribution in [2.45, 2.75) is 71.8 Å². The lowest BCUT2D eigenvalue weighted by Crippen LogP contribution is -2.40. The Balaban J connectivity index is 1.65. The average Bonchev–Trinajstić information content (AvgIpc) is 3.18. The second kappa shape index (κ2) is 12.3. The number of ether oxygens (including phenoxy) is 2. The predicted octanol–water partition coefficient (Wildman–Crippen LogP) is 7.37. The Morgan fingerprint density at radius 1 is 1.00 bits per heavy atom. The molecular weight excluding hydrogens is 456 g/mol. The van der Waals surface area contributed by atoms with E-state index in [-0.39, 0.29) is 11.9 Å². The number of carbonyl (C=O) groups excluding carboxylic acids is 1. The van der Waals surface area contributed by atoms with Gasteiger partial charge in [-0.15, -0.1) is 0 Å². The zero-order valence-corrected chi connectivity index (χ0v) is 21.9. The van der Waals surface area contributed by atoms with E-state index in [1.165, 1.54) is 23.7 Å². The van der Waals surface area contributed by atoms with Gasteiger partial charge in [0.1, 0.15) is 0 Å². The van der Waals surface area contributed by atoms with E-state index in [9.17, 15) is 4.79 Å². The van der Waals surface area contributed by atoms with Crippen molar-refractivity contribution in [2.24, 2.45) is 4.99 Å². The van der Waals surface area contributed by atoms with Gasteiger partial charge in [-0.05, 0) is 85.8 Å².